The molecule has 0 bridgehead atoms. The summed E-state index contributed by atoms with van der Waals surface area (Å²) in [5, 5.41) is 2.40. The van der Waals surface area contributed by atoms with E-state index in [9.17, 15) is 4.79 Å². The van der Waals surface area contributed by atoms with E-state index in [1.807, 2.05) is 23.1 Å². The van der Waals surface area contributed by atoms with Gasteiger partial charge >= 0.3 is 0 Å². The predicted octanol–water partition coefficient (Wildman–Crippen LogP) is 6.80. The van der Waals surface area contributed by atoms with Crippen molar-refractivity contribution in [1.82, 2.24) is 9.55 Å². The van der Waals surface area contributed by atoms with Crippen molar-refractivity contribution in [1.29, 1.82) is 0 Å². The summed E-state index contributed by atoms with van der Waals surface area (Å²) in [6.07, 6.45) is 1.33. The summed E-state index contributed by atoms with van der Waals surface area (Å²) in [4.78, 5) is 20.1. The Bertz CT molecular complexity index is 1600. The normalized spacial score (nSPS) is 15.7. The van der Waals surface area contributed by atoms with Crippen LogP contribution in [0.25, 0.3) is 21.8 Å². The van der Waals surface area contributed by atoms with Gasteiger partial charge in [0.15, 0.2) is 0 Å². The number of fused-ring (bicyclic) bond motifs is 2. The van der Waals surface area contributed by atoms with E-state index in [1.165, 1.54) is 10.8 Å². The average Bonchev–Trinajstić information content (AvgIpc) is 3.48. The largest absolute Gasteiger partial charge is 0.494 e. The quantitative estimate of drug-likeness (QED) is 0.236. The molecule has 0 spiro atoms. The van der Waals surface area contributed by atoms with E-state index in [0.29, 0.717) is 19.6 Å². The van der Waals surface area contributed by atoms with Gasteiger partial charge < -0.3 is 14.2 Å². The second-order valence-corrected chi connectivity index (χ2v) is 10.0. The number of carbonyl (C=O) groups excluding carboxylic acids is 1. The van der Waals surface area contributed by atoms with Crippen LogP contribution < -0.4 is 9.64 Å². The predicted molar refractivity (Wildman–Crippen MR) is 149 cm³/mol. The van der Waals surface area contributed by atoms with Crippen LogP contribution in [-0.4, -0.2) is 28.6 Å². The molecule has 1 amide bonds. The van der Waals surface area contributed by atoms with Crippen molar-refractivity contribution in [3.8, 4) is 5.75 Å². The SMILES string of the molecule is Cc1ccc(C)c(N2CC(c3nc4ccccc4n3CCCOc3ccc4ccccc4c3)CC2=O)c1. The van der Waals surface area contributed by atoms with Gasteiger partial charge in [-0.05, 0) is 72.5 Å². The zero-order chi connectivity index (χ0) is 25.4. The van der Waals surface area contributed by atoms with Crippen LogP contribution in [0.2, 0.25) is 0 Å². The van der Waals surface area contributed by atoms with Crippen LogP contribution in [0.5, 0.6) is 5.75 Å². The second kappa shape index (κ2) is 9.74. The van der Waals surface area contributed by atoms with Gasteiger partial charge in [-0.1, -0.05) is 54.6 Å². The summed E-state index contributed by atoms with van der Waals surface area (Å²) in [6, 6.07) is 29.1. The Morgan fingerprint density at radius 1 is 0.919 bits per heavy atom. The zero-order valence-corrected chi connectivity index (χ0v) is 21.4. The molecule has 4 aromatic carbocycles. The van der Waals surface area contributed by atoms with Gasteiger partial charge in [-0.25, -0.2) is 4.98 Å². The van der Waals surface area contributed by atoms with Crippen LogP contribution in [0.4, 0.5) is 5.69 Å². The zero-order valence-electron chi connectivity index (χ0n) is 21.4. The molecule has 1 fully saturated rings. The van der Waals surface area contributed by atoms with Crippen molar-refractivity contribution in [2.75, 3.05) is 18.1 Å². The molecule has 5 nitrogen and oxygen atoms in total. The topological polar surface area (TPSA) is 47.4 Å². The van der Waals surface area contributed by atoms with E-state index in [4.69, 9.17) is 9.72 Å². The highest BCUT2D eigenvalue weighted by molar-refractivity contribution is 5.97. The van der Waals surface area contributed by atoms with Gasteiger partial charge in [-0.2, -0.15) is 0 Å². The number of imidazole rings is 1. The number of aryl methyl sites for hydroxylation is 3. The first kappa shape index (κ1) is 23.3. The summed E-state index contributed by atoms with van der Waals surface area (Å²) in [5.74, 6) is 2.10. The lowest BCUT2D eigenvalue weighted by molar-refractivity contribution is -0.117. The lowest BCUT2D eigenvalue weighted by Crippen LogP contribution is -2.25. The molecule has 2 heterocycles. The second-order valence-electron chi connectivity index (χ2n) is 10.0. The van der Waals surface area contributed by atoms with Gasteiger partial charge in [-0.3, -0.25) is 4.79 Å². The van der Waals surface area contributed by atoms with Gasteiger partial charge in [0, 0.05) is 31.1 Å². The van der Waals surface area contributed by atoms with E-state index >= 15 is 0 Å². The summed E-state index contributed by atoms with van der Waals surface area (Å²) < 4.78 is 8.41. The van der Waals surface area contributed by atoms with Crippen molar-refractivity contribution < 1.29 is 9.53 Å². The van der Waals surface area contributed by atoms with Crippen LogP contribution in [0.15, 0.2) is 84.9 Å². The average molecular weight is 490 g/mol. The fourth-order valence-electron chi connectivity index (χ4n) is 5.43. The Morgan fingerprint density at radius 2 is 1.73 bits per heavy atom. The third-order valence-corrected chi connectivity index (χ3v) is 7.35. The van der Waals surface area contributed by atoms with Crippen molar-refractivity contribution in [2.45, 2.75) is 39.2 Å². The van der Waals surface area contributed by atoms with Gasteiger partial charge in [0.25, 0.3) is 0 Å². The monoisotopic (exact) mass is 489 g/mol. The minimum Gasteiger partial charge on any atom is -0.494 e. The minimum atomic E-state index is 0.0567. The molecular formula is C32H31N3O2. The number of para-hydroxylation sites is 2. The van der Waals surface area contributed by atoms with Crippen molar-refractivity contribution in [3.05, 3.63) is 102 Å². The van der Waals surface area contributed by atoms with Crippen LogP contribution in [0.3, 0.4) is 0 Å². The Labute approximate surface area is 217 Å². The van der Waals surface area contributed by atoms with E-state index in [2.05, 4.69) is 85.1 Å². The molecule has 1 aliphatic rings. The molecule has 1 aromatic heterocycles. The van der Waals surface area contributed by atoms with Crippen molar-refractivity contribution in [3.63, 3.8) is 0 Å². The molecule has 1 aliphatic heterocycles. The van der Waals surface area contributed by atoms with Gasteiger partial charge in [0.05, 0.1) is 17.6 Å². The maximum atomic E-state index is 13.1. The number of ether oxygens (including phenoxy) is 1. The molecule has 1 saturated heterocycles. The molecule has 186 valence electrons. The summed E-state index contributed by atoms with van der Waals surface area (Å²) >= 11 is 0. The Morgan fingerprint density at radius 3 is 2.62 bits per heavy atom. The minimum absolute atomic E-state index is 0.0567. The van der Waals surface area contributed by atoms with Crippen LogP contribution >= 0.6 is 0 Å². The summed E-state index contributed by atoms with van der Waals surface area (Å²) in [6.45, 7) is 6.20. The molecule has 0 radical (unpaired) electrons. The Balaban J connectivity index is 1.20. The first-order chi connectivity index (χ1) is 18.1. The standard InChI is InChI=1S/C32H31N3O2/c1-22-12-13-23(2)30(18-22)35-21-26(20-31(35)36)32-33-28-10-5-6-11-29(28)34(32)16-7-17-37-27-15-14-24-8-3-4-9-25(24)19-27/h3-6,8-15,18-19,26H,7,16-17,20-21H2,1-2H3. The highest BCUT2D eigenvalue weighted by Gasteiger charge is 2.35. The van der Waals surface area contributed by atoms with E-state index in [-0.39, 0.29) is 11.8 Å². The highest BCUT2D eigenvalue weighted by atomic mass is 16.5. The molecule has 5 heteroatoms. The van der Waals surface area contributed by atoms with E-state index in [1.54, 1.807) is 0 Å². The number of hydrogen-bond acceptors (Lipinski definition) is 3. The fraction of sp³-hybridized carbons (Fsp3) is 0.250. The van der Waals surface area contributed by atoms with Crippen molar-refractivity contribution >= 4 is 33.4 Å². The third-order valence-electron chi connectivity index (χ3n) is 7.35. The van der Waals surface area contributed by atoms with Crippen molar-refractivity contribution in [2.24, 2.45) is 0 Å². The first-order valence-electron chi connectivity index (χ1n) is 13.0. The molecule has 37 heavy (non-hydrogen) atoms. The van der Waals surface area contributed by atoms with E-state index < -0.39 is 0 Å². The Hall–Kier alpha value is -4.12. The number of anilines is 1. The first-order valence-corrected chi connectivity index (χ1v) is 13.0. The highest BCUT2D eigenvalue weighted by Crippen LogP contribution is 2.35. The van der Waals surface area contributed by atoms with E-state index in [0.717, 1.165) is 52.4 Å². The lowest BCUT2D eigenvalue weighted by Gasteiger charge is -2.20. The number of amides is 1. The summed E-state index contributed by atoms with van der Waals surface area (Å²) in [5.41, 5.74) is 5.39. The maximum absolute atomic E-state index is 13.1. The third kappa shape index (κ3) is 4.57. The number of aromatic nitrogens is 2. The molecule has 0 aliphatic carbocycles. The number of benzene rings is 4. The summed E-state index contributed by atoms with van der Waals surface area (Å²) in [7, 11) is 0. The van der Waals surface area contributed by atoms with Crippen LogP contribution in [-0.2, 0) is 11.3 Å². The maximum Gasteiger partial charge on any atom is 0.227 e. The molecular weight excluding hydrogens is 458 g/mol. The number of hydrogen-bond donors (Lipinski definition) is 0. The lowest BCUT2D eigenvalue weighted by atomic mass is 10.1. The number of rotatable bonds is 7. The van der Waals surface area contributed by atoms with Gasteiger partial charge in [-0.15, -0.1) is 0 Å². The van der Waals surface area contributed by atoms with Gasteiger partial charge in [0.1, 0.15) is 11.6 Å². The molecule has 0 saturated carbocycles. The smallest absolute Gasteiger partial charge is 0.227 e. The van der Waals surface area contributed by atoms with Crippen LogP contribution in [0.1, 0.15) is 35.7 Å². The number of carbonyl (C=O) groups is 1. The molecule has 1 unspecified atom stereocenters. The molecule has 0 N–H and O–H groups in total. The molecule has 5 aromatic rings. The molecule has 1 atom stereocenters. The molecule has 6 rings (SSSR count). The van der Waals surface area contributed by atoms with Gasteiger partial charge in [0.2, 0.25) is 5.91 Å². The fourth-order valence-corrected chi connectivity index (χ4v) is 5.43. The van der Waals surface area contributed by atoms with Crippen LogP contribution in [0, 0.1) is 13.8 Å². The number of nitrogens with zero attached hydrogens (tertiary/aromatic N) is 3. The Kier molecular flexibility index (Phi) is 6.13.